The van der Waals surface area contributed by atoms with Gasteiger partial charge in [-0.15, -0.1) is 0 Å². The minimum atomic E-state index is -0.456. The maximum atomic E-state index is 9.80. The summed E-state index contributed by atoms with van der Waals surface area (Å²) in [5, 5.41) is 9.80. The first-order chi connectivity index (χ1) is 7.97. The second kappa shape index (κ2) is 6.22. The van der Waals surface area contributed by atoms with E-state index in [0.29, 0.717) is 0 Å². The zero-order chi connectivity index (χ0) is 13.0. The topological polar surface area (TPSA) is 23.5 Å². The van der Waals surface area contributed by atoms with Gasteiger partial charge in [-0.1, -0.05) is 28.9 Å². The molecule has 0 aliphatic heterocycles. The summed E-state index contributed by atoms with van der Waals surface area (Å²) in [6.45, 7) is 5.94. The van der Waals surface area contributed by atoms with Crippen LogP contribution in [-0.2, 0) is 0 Å². The highest BCUT2D eigenvalue weighted by Gasteiger charge is 2.13. The van der Waals surface area contributed by atoms with Crippen molar-refractivity contribution in [1.29, 1.82) is 0 Å². The molecular weight excluding hydrogens is 278 g/mol. The number of allylic oxidation sites excluding steroid dienone is 1. The molecule has 0 bridgehead atoms. The normalized spacial score (nSPS) is 13.6. The number of halogens is 1. The summed E-state index contributed by atoms with van der Waals surface area (Å²) in [4.78, 5) is 2.05. The van der Waals surface area contributed by atoms with Gasteiger partial charge in [0.05, 0.1) is 6.10 Å². The Hall–Kier alpha value is -0.800. The molecule has 2 nitrogen and oxygen atoms in total. The lowest BCUT2D eigenvalue weighted by Gasteiger charge is -2.26. The average Bonchev–Trinajstić information content (AvgIpc) is 2.24. The Morgan fingerprint density at radius 1 is 1.53 bits per heavy atom. The minimum absolute atomic E-state index is 0.456. The fourth-order valence-electron chi connectivity index (χ4n) is 1.93. The molecule has 1 atom stereocenters. The number of rotatable bonds is 4. The van der Waals surface area contributed by atoms with E-state index in [0.717, 1.165) is 22.3 Å². The molecule has 0 saturated carbocycles. The summed E-state index contributed by atoms with van der Waals surface area (Å²) in [5.74, 6) is 0. The molecule has 1 unspecified atom stereocenters. The van der Waals surface area contributed by atoms with Crippen molar-refractivity contribution in [3.8, 4) is 0 Å². The standard InChI is InChI=1S/C14H20BrNO/c1-5-6-14(11(3)17)16(4)13-8-7-12(15)9-10(13)2/h6-9,11,17H,5H2,1-4H3/b14-6+. The quantitative estimate of drug-likeness (QED) is 0.912. The molecule has 0 spiro atoms. The Morgan fingerprint density at radius 2 is 2.18 bits per heavy atom. The van der Waals surface area contributed by atoms with Crippen LogP contribution in [0, 0.1) is 6.92 Å². The first kappa shape index (κ1) is 14.3. The van der Waals surface area contributed by atoms with Crippen LogP contribution >= 0.6 is 15.9 Å². The first-order valence-electron chi connectivity index (χ1n) is 5.85. The number of likely N-dealkylation sites (N-methyl/N-ethyl adjacent to an activating group) is 1. The van der Waals surface area contributed by atoms with Crippen LogP contribution in [0.3, 0.4) is 0 Å². The van der Waals surface area contributed by atoms with Gasteiger partial charge in [-0.3, -0.25) is 0 Å². The summed E-state index contributed by atoms with van der Waals surface area (Å²) in [7, 11) is 1.99. The number of aliphatic hydroxyl groups excluding tert-OH is 1. The SMILES string of the molecule is CC/C=C(\C(C)O)N(C)c1ccc(Br)cc1C. The van der Waals surface area contributed by atoms with Gasteiger partial charge < -0.3 is 10.0 Å². The molecular formula is C14H20BrNO. The smallest absolute Gasteiger partial charge is 0.0908 e. The number of anilines is 1. The van der Waals surface area contributed by atoms with E-state index in [4.69, 9.17) is 0 Å². The highest BCUT2D eigenvalue weighted by molar-refractivity contribution is 9.10. The predicted octanol–water partition coefficient (Wildman–Crippen LogP) is 3.87. The summed E-state index contributed by atoms with van der Waals surface area (Å²) in [5.41, 5.74) is 3.25. The van der Waals surface area contributed by atoms with Crippen molar-refractivity contribution in [2.24, 2.45) is 0 Å². The molecule has 94 valence electrons. The molecule has 17 heavy (non-hydrogen) atoms. The molecule has 0 saturated heterocycles. The Morgan fingerprint density at radius 3 is 2.65 bits per heavy atom. The van der Waals surface area contributed by atoms with Gasteiger partial charge in [-0.2, -0.15) is 0 Å². The van der Waals surface area contributed by atoms with Gasteiger partial charge in [0.2, 0.25) is 0 Å². The molecule has 0 aromatic heterocycles. The molecule has 0 aliphatic rings. The van der Waals surface area contributed by atoms with Crippen LogP contribution in [0.1, 0.15) is 25.8 Å². The molecule has 0 amide bonds. The van der Waals surface area contributed by atoms with Crippen molar-refractivity contribution >= 4 is 21.6 Å². The second-order valence-electron chi connectivity index (χ2n) is 4.20. The van der Waals surface area contributed by atoms with Crippen molar-refractivity contribution in [2.45, 2.75) is 33.3 Å². The van der Waals surface area contributed by atoms with E-state index in [1.165, 1.54) is 5.56 Å². The number of nitrogens with zero attached hydrogens (tertiary/aromatic N) is 1. The van der Waals surface area contributed by atoms with E-state index in [9.17, 15) is 5.11 Å². The molecule has 3 heteroatoms. The molecule has 0 aliphatic carbocycles. The number of aryl methyl sites for hydroxylation is 1. The number of benzene rings is 1. The van der Waals surface area contributed by atoms with Crippen LogP contribution in [0.25, 0.3) is 0 Å². The van der Waals surface area contributed by atoms with Crippen LogP contribution in [-0.4, -0.2) is 18.3 Å². The van der Waals surface area contributed by atoms with Crippen LogP contribution in [0.4, 0.5) is 5.69 Å². The fourth-order valence-corrected chi connectivity index (χ4v) is 2.41. The lowest BCUT2D eigenvalue weighted by molar-refractivity contribution is 0.228. The second-order valence-corrected chi connectivity index (χ2v) is 5.12. The molecule has 0 fully saturated rings. The van der Waals surface area contributed by atoms with E-state index in [2.05, 4.69) is 52.9 Å². The molecule has 1 aromatic carbocycles. The predicted molar refractivity (Wildman–Crippen MR) is 77.3 cm³/mol. The Labute approximate surface area is 112 Å². The lowest BCUT2D eigenvalue weighted by atomic mass is 10.1. The van der Waals surface area contributed by atoms with Crippen molar-refractivity contribution in [1.82, 2.24) is 0 Å². The van der Waals surface area contributed by atoms with Crippen molar-refractivity contribution in [3.63, 3.8) is 0 Å². The third-order valence-electron chi connectivity index (χ3n) is 2.75. The summed E-state index contributed by atoms with van der Waals surface area (Å²) < 4.78 is 1.07. The Balaban J connectivity index is 3.10. The van der Waals surface area contributed by atoms with Crippen LogP contribution in [0.5, 0.6) is 0 Å². The third kappa shape index (κ3) is 3.58. The number of hydrogen-bond donors (Lipinski definition) is 1. The monoisotopic (exact) mass is 297 g/mol. The van der Waals surface area contributed by atoms with E-state index in [-0.39, 0.29) is 0 Å². The zero-order valence-corrected chi connectivity index (χ0v) is 12.5. The van der Waals surface area contributed by atoms with Crippen molar-refractivity contribution in [2.75, 3.05) is 11.9 Å². The van der Waals surface area contributed by atoms with E-state index < -0.39 is 6.10 Å². The molecule has 1 aromatic rings. The van der Waals surface area contributed by atoms with Gasteiger partial charge in [0.1, 0.15) is 0 Å². The maximum absolute atomic E-state index is 9.80. The molecule has 1 N–H and O–H groups in total. The summed E-state index contributed by atoms with van der Waals surface area (Å²) in [6, 6.07) is 6.16. The first-order valence-corrected chi connectivity index (χ1v) is 6.64. The average molecular weight is 298 g/mol. The summed E-state index contributed by atoms with van der Waals surface area (Å²) >= 11 is 3.46. The highest BCUT2D eigenvalue weighted by atomic mass is 79.9. The van der Waals surface area contributed by atoms with Gasteiger partial charge >= 0.3 is 0 Å². The molecule has 0 radical (unpaired) electrons. The van der Waals surface area contributed by atoms with Gasteiger partial charge in [-0.05, 0) is 44.0 Å². The van der Waals surface area contributed by atoms with E-state index >= 15 is 0 Å². The van der Waals surface area contributed by atoms with Gasteiger partial charge in [-0.25, -0.2) is 0 Å². The Kier molecular flexibility index (Phi) is 5.22. The van der Waals surface area contributed by atoms with E-state index in [1.54, 1.807) is 6.92 Å². The highest BCUT2D eigenvalue weighted by Crippen LogP contribution is 2.26. The van der Waals surface area contributed by atoms with Gasteiger partial charge in [0, 0.05) is 22.9 Å². The van der Waals surface area contributed by atoms with Crippen molar-refractivity contribution in [3.05, 3.63) is 40.0 Å². The van der Waals surface area contributed by atoms with Gasteiger partial charge in [0.15, 0.2) is 0 Å². The van der Waals surface area contributed by atoms with Crippen molar-refractivity contribution < 1.29 is 5.11 Å². The number of aliphatic hydroxyl groups is 1. The van der Waals surface area contributed by atoms with Gasteiger partial charge in [0.25, 0.3) is 0 Å². The van der Waals surface area contributed by atoms with Crippen LogP contribution in [0.15, 0.2) is 34.4 Å². The zero-order valence-electron chi connectivity index (χ0n) is 10.9. The lowest BCUT2D eigenvalue weighted by Crippen LogP contribution is -2.25. The van der Waals surface area contributed by atoms with E-state index in [1.807, 2.05) is 13.1 Å². The minimum Gasteiger partial charge on any atom is -0.387 e. The molecule has 1 rings (SSSR count). The fraction of sp³-hybridized carbons (Fsp3) is 0.429. The number of hydrogen-bond acceptors (Lipinski definition) is 2. The summed E-state index contributed by atoms with van der Waals surface area (Å²) in [6.07, 6.45) is 2.52. The largest absolute Gasteiger partial charge is 0.387 e. The third-order valence-corrected chi connectivity index (χ3v) is 3.24. The molecule has 0 heterocycles. The Bertz CT molecular complexity index is 413. The van der Waals surface area contributed by atoms with Crippen LogP contribution in [0.2, 0.25) is 0 Å². The maximum Gasteiger partial charge on any atom is 0.0908 e. The van der Waals surface area contributed by atoms with Crippen LogP contribution < -0.4 is 4.90 Å².